The van der Waals surface area contributed by atoms with Crippen molar-refractivity contribution in [1.29, 1.82) is 0 Å². The van der Waals surface area contributed by atoms with Crippen LogP contribution in [0.1, 0.15) is 19.5 Å². The van der Waals surface area contributed by atoms with Gasteiger partial charge in [-0.1, -0.05) is 6.92 Å². The minimum Gasteiger partial charge on any atom is -0.384 e. The Morgan fingerprint density at radius 1 is 1.17 bits per heavy atom. The van der Waals surface area contributed by atoms with Crippen molar-refractivity contribution in [2.45, 2.75) is 31.5 Å². The summed E-state index contributed by atoms with van der Waals surface area (Å²) in [7, 11) is -2.33. The zero-order valence-corrected chi connectivity index (χ0v) is 16.6. The topological polar surface area (TPSA) is 113 Å². The van der Waals surface area contributed by atoms with E-state index in [1.54, 1.807) is 0 Å². The Bertz CT molecular complexity index is 1280. The zero-order chi connectivity index (χ0) is 21.7. The molecule has 0 fully saturated rings. The van der Waals surface area contributed by atoms with Gasteiger partial charge in [0.05, 0.1) is 16.2 Å². The number of aryl methyl sites for hydroxylation is 1. The fourth-order valence-corrected chi connectivity index (χ4v) is 4.12. The van der Waals surface area contributed by atoms with Crippen molar-refractivity contribution >= 4 is 26.7 Å². The number of imidazole rings is 1. The van der Waals surface area contributed by atoms with E-state index in [-0.39, 0.29) is 45.6 Å². The van der Waals surface area contributed by atoms with Gasteiger partial charge in [0.15, 0.2) is 15.7 Å². The third kappa shape index (κ3) is 3.37. The summed E-state index contributed by atoms with van der Waals surface area (Å²) in [5.41, 5.74) is 3.24. The number of nitrogens with zero attached hydrogens (tertiary/aromatic N) is 4. The summed E-state index contributed by atoms with van der Waals surface area (Å²) in [6, 6.07) is 3.34. The minimum atomic E-state index is -4.76. The maximum Gasteiger partial charge on any atom is 0.431 e. The number of hydrogen-bond acceptors (Lipinski definition) is 6. The second-order valence-corrected chi connectivity index (χ2v) is 8.54. The molecule has 0 aliphatic rings. The highest BCUT2D eigenvalue weighted by molar-refractivity contribution is 7.91. The summed E-state index contributed by atoms with van der Waals surface area (Å²) >= 11 is 0. The van der Waals surface area contributed by atoms with Crippen molar-refractivity contribution in [3.05, 3.63) is 34.2 Å². The van der Waals surface area contributed by atoms with Crippen LogP contribution in [0.2, 0.25) is 0 Å². The molecular weight excluding hydrogens is 411 g/mol. The minimum absolute atomic E-state index is 0.00376. The van der Waals surface area contributed by atoms with Crippen molar-refractivity contribution in [2.75, 3.05) is 11.5 Å². The van der Waals surface area contributed by atoms with Crippen LogP contribution in [-0.2, 0) is 29.6 Å². The summed E-state index contributed by atoms with van der Waals surface area (Å²) in [6.07, 6.45) is -4.76. The highest BCUT2D eigenvalue weighted by atomic mass is 32.2. The fraction of sp³-hybridized carbons (Fsp3) is 0.353. The molecule has 0 radical (unpaired) electrons. The van der Waals surface area contributed by atoms with Gasteiger partial charge in [-0.25, -0.2) is 18.4 Å². The molecule has 0 bridgehead atoms. The van der Waals surface area contributed by atoms with Crippen LogP contribution in [0, 0.1) is 0 Å². The molecule has 0 atom stereocenters. The lowest BCUT2D eigenvalue weighted by molar-refractivity contribution is -0.144. The lowest BCUT2D eigenvalue weighted by atomic mass is 10.3. The monoisotopic (exact) mass is 429 g/mol. The molecule has 0 unspecified atom stereocenters. The number of rotatable bonds is 4. The molecule has 3 aromatic rings. The van der Waals surface area contributed by atoms with Gasteiger partial charge in [0.1, 0.15) is 22.7 Å². The summed E-state index contributed by atoms with van der Waals surface area (Å²) < 4.78 is 66.9. The lowest BCUT2D eigenvalue weighted by Gasteiger charge is -2.14. The standard InChI is InChI=1S/C17H18F3N5O3S/c1-4-25-11(17(18,19)20)8-9-14(16(25)26)24(3)15(22-9)13-10(29(27,28)5-2)6-7-12(21)23-13/h6-8H,4-5H2,1-3H3,(H2,21,23). The molecule has 29 heavy (non-hydrogen) atoms. The second-order valence-electron chi connectivity index (χ2n) is 6.29. The predicted molar refractivity (Wildman–Crippen MR) is 101 cm³/mol. The number of hydrogen-bond donors (Lipinski definition) is 1. The van der Waals surface area contributed by atoms with Crippen molar-refractivity contribution in [3.63, 3.8) is 0 Å². The number of halogens is 3. The second kappa shape index (κ2) is 6.87. The van der Waals surface area contributed by atoms with E-state index >= 15 is 0 Å². The third-order valence-corrected chi connectivity index (χ3v) is 6.31. The van der Waals surface area contributed by atoms with Crippen LogP contribution >= 0.6 is 0 Å². The normalized spacial score (nSPS) is 12.6. The van der Waals surface area contributed by atoms with Crippen LogP contribution < -0.4 is 11.3 Å². The number of pyridine rings is 2. The first-order valence-corrected chi connectivity index (χ1v) is 10.2. The zero-order valence-electron chi connectivity index (χ0n) is 15.8. The Morgan fingerprint density at radius 2 is 1.83 bits per heavy atom. The van der Waals surface area contributed by atoms with Crippen molar-refractivity contribution in [1.82, 2.24) is 19.1 Å². The van der Waals surface area contributed by atoms with Crippen LogP contribution in [0.3, 0.4) is 0 Å². The Morgan fingerprint density at radius 3 is 2.38 bits per heavy atom. The van der Waals surface area contributed by atoms with Gasteiger partial charge >= 0.3 is 6.18 Å². The van der Waals surface area contributed by atoms with Crippen LogP contribution in [0.15, 0.2) is 27.9 Å². The molecular formula is C17H18F3N5O3S. The first-order valence-electron chi connectivity index (χ1n) is 8.59. The van der Waals surface area contributed by atoms with E-state index in [0.717, 1.165) is 6.07 Å². The molecule has 3 heterocycles. The van der Waals surface area contributed by atoms with Crippen molar-refractivity contribution < 1.29 is 21.6 Å². The average molecular weight is 429 g/mol. The number of sulfone groups is 1. The van der Waals surface area contributed by atoms with Gasteiger partial charge in [-0.3, -0.25) is 4.79 Å². The molecule has 2 N–H and O–H groups in total. The Hall–Kier alpha value is -2.89. The number of alkyl halides is 3. The van der Waals surface area contributed by atoms with Crippen LogP contribution in [0.5, 0.6) is 0 Å². The van der Waals surface area contributed by atoms with E-state index in [4.69, 9.17) is 5.73 Å². The molecule has 156 valence electrons. The SMILES string of the molecule is CCn1c(C(F)(F)F)cc2nc(-c3nc(N)ccc3S(=O)(=O)CC)n(C)c2c1=O. The Balaban J connectivity index is 2.44. The first kappa shape index (κ1) is 20.8. The van der Waals surface area contributed by atoms with Gasteiger partial charge in [-0.15, -0.1) is 0 Å². The van der Waals surface area contributed by atoms with Gasteiger partial charge in [-0.2, -0.15) is 13.2 Å². The first-order chi connectivity index (χ1) is 13.4. The maximum absolute atomic E-state index is 13.4. The molecule has 0 aromatic carbocycles. The Kier molecular flexibility index (Phi) is 4.93. The molecule has 8 nitrogen and oxygen atoms in total. The van der Waals surface area contributed by atoms with Crippen LogP contribution in [0.4, 0.5) is 19.0 Å². The number of fused-ring (bicyclic) bond motifs is 1. The molecule has 0 aliphatic heterocycles. The quantitative estimate of drug-likeness (QED) is 0.680. The number of aromatic nitrogens is 4. The molecule has 0 amide bonds. The third-order valence-electron chi connectivity index (χ3n) is 4.55. The highest BCUT2D eigenvalue weighted by Gasteiger charge is 2.36. The van der Waals surface area contributed by atoms with E-state index in [1.165, 1.54) is 37.6 Å². The molecule has 12 heteroatoms. The number of anilines is 1. The van der Waals surface area contributed by atoms with Gasteiger partial charge in [-0.05, 0) is 25.1 Å². The largest absolute Gasteiger partial charge is 0.431 e. The van der Waals surface area contributed by atoms with E-state index in [2.05, 4.69) is 9.97 Å². The lowest BCUT2D eigenvalue weighted by Crippen LogP contribution is -2.28. The number of nitrogens with two attached hydrogens (primary N) is 1. The molecule has 3 aromatic heterocycles. The van der Waals surface area contributed by atoms with Crippen molar-refractivity contribution in [2.24, 2.45) is 7.05 Å². The molecule has 0 aliphatic carbocycles. The van der Waals surface area contributed by atoms with E-state index in [9.17, 15) is 26.4 Å². The summed E-state index contributed by atoms with van der Waals surface area (Å²) in [5.74, 6) is -0.293. The molecule has 0 spiro atoms. The smallest absolute Gasteiger partial charge is 0.384 e. The Labute approximate surface area is 163 Å². The molecule has 3 rings (SSSR count). The van der Waals surface area contributed by atoms with Crippen LogP contribution in [0.25, 0.3) is 22.6 Å². The van der Waals surface area contributed by atoms with Gasteiger partial charge < -0.3 is 14.9 Å². The predicted octanol–water partition coefficient (Wildman–Crippen LogP) is 2.21. The number of nitrogen functional groups attached to an aromatic ring is 1. The van der Waals surface area contributed by atoms with E-state index < -0.39 is 27.3 Å². The summed E-state index contributed by atoms with van der Waals surface area (Å²) in [4.78, 5) is 20.7. The van der Waals surface area contributed by atoms with Crippen molar-refractivity contribution in [3.8, 4) is 11.5 Å². The van der Waals surface area contributed by atoms with E-state index in [0.29, 0.717) is 4.57 Å². The van der Waals surface area contributed by atoms with Crippen LogP contribution in [-0.4, -0.2) is 33.3 Å². The highest BCUT2D eigenvalue weighted by Crippen LogP contribution is 2.32. The summed E-state index contributed by atoms with van der Waals surface area (Å²) in [5, 5.41) is 0. The van der Waals surface area contributed by atoms with Gasteiger partial charge in [0, 0.05) is 13.6 Å². The fourth-order valence-electron chi connectivity index (χ4n) is 3.11. The van der Waals surface area contributed by atoms with E-state index in [1.807, 2.05) is 0 Å². The van der Waals surface area contributed by atoms with Gasteiger partial charge in [0.25, 0.3) is 5.56 Å². The maximum atomic E-state index is 13.4. The summed E-state index contributed by atoms with van der Waals surface area (Å²) in [6.45, 7) is 2.67. The average Bonchev–Trinajstić information content (AvgIpc) is 2.97. The van der Waals surface area contributed by atoms with Gasteiger partial charge in [0.2, 0.25) is 0 Å². The molecule has 0 saturated carbocycles. The molecule has 0 saturated heterocycles.